The molecular formula is C8H13F4LiO3S. The molecule has 1 unspecified atom stereocenters. The van der Waals surface area contributed by atoms with Crippen LogP contribution in [0, 0.1) is 0 Å². The number of halogens is 4. The monoisotopic (exact) mass is 272 g/mol. The molecule has 0 bridgehead atoms. The van der Waals surface area contributed by atoms with Crippen LogP contribution in [0.25, 0.3) is 0 Å². The molecule has 0 saturated carbocycles. The van der Waals surface area contributed by atoms with Crippen LogP contribution in [-0.2, 0) is 10.1 Å². The van der Waals surface area contributed by atoms with E-state index in [4.69, 9.17) is 0 Å². The van der Waals surface area contributed by atoms with Gasteiger partial charge in [-0.15, -0.1) is 0 Å². The van der Waals surface area contributed by atoms with E-state index in [9.17, 15) is 30.5 Å². The maximum Gasteiger partial charge on any atom is 1.00 e. The molecule has 0 aliphatic rings. The summed E-state index contributed by atoms with van der Waals surface area (Å²) in [6, 6.07) is 0. The standard InChI is InChI=1S/C8H14F4O3S.Li/c9-7(16(13,14)15)5-3-1-2-4-6-8(10,11)12;/h7H,1-6H2,(H,13,14,15);/q;+1/p-1. The van der Waals surface area contributed by atoms with E-state index < -0.39 is 34.6 Å². The molecule has 17 heavy (non-hydrogen) atoms. The Morgan fingerprint density at radius 2 is 1.53 bits per heavy atom. The predicted octanol–water partition coefficient (Wildman–Crippen LogP) is -0.266. The SMILES string of the molecule is O=S(=O)([O-])C(F)CCCCCCC(F)(F)F.[Li+]. The molecule has 0 fully saturated rings. The van der Waals surface area contributed by atoms with Crippen LogP contribution in [0.3, 0.4) is 0 Å². The molecule has 0 aromatic rings. The van der Waals surface area contributed by atoms with Gasteiger partial charge in [-0.1, -0.05) is 12.8 Å². The van der Waals surface area contributed by atoms with Crippen molar-refractivity contribution < 1.29 is 49.4 Å². The number of alkyl halides is 4. The average Bonchev–Trinajstić information content (AvgIpc) is 2.07. The van der Waals surface area contributed by atoms with E-state index in [1.165, 1.54) is 0 Å². The summed E-state index contributed by atoms with van der Waals surface area (Å²) in [5, 5.41) is 0. The van der Waals surface area contributed by atoms with Gasteiger partial charge in [0.15, 0.2) is 5.50 Å². The molecule has 0 aliphatic heterocycles. The van der Waals surface area contributed by atoms with Crippen molar-refractivity contribution in [2.75, 3.05) is 0 Å². The van der Waals surface area contributed by atoms with Gasteiger partial charge in [-0.05, 0) is 19.3 Å². The van der Waals surface area contributed by atoms with Crippen LogP contribution in [0.15, 0.2) is 0 Å². The van der Waals surface area contributed by atoms with Gasteiger partial charge in [-0.2, -0.15) is 13.2 Å². The Bertz CT molecular complexity index is 292. The molecule has 0 aromatic carbocycles. The largest absolute Gasteiger partial charge is 1.00 e. The Morgan fingerprint density at radius 1 is 1.06 bits per heavy atom. The number of hydrogen-bond acceptors (Lipinski definition) is 3. The van der Waals surface area contributed by atoms with Crippen molar-refractivity contribution in [1.82, 2.24) is 0 Å². The van der Waals surface area contributed by atoms with Gasteiger partial charge in [0.2, 0.25) is 0 Å². The van der Waals surface area contributed by atoms with Crippen molar-refractivity contribution in [3.63, 3.8) is 0 Å². The van der Waals surface area contributed by atoms with Crippen LogP contribution in [0.1, 0.15) is 38.5 Å². The molecule has 0 aromatic heterocycles. The van der Waals surface area contributed by atoms with Gasteiger partial charge in [-0.25, -0.2) is 12.8 Å². The summed E-state index contributed by atoms with van der Waals surface area (Å²) in [7, 11) is -4.92. The summed E-state index contributed by atoms with van der Waals surface area (Å²) < 4.78 is 77.8. The molecule has 0 saturated heterocycles. The fraction of sp³-hybridized carbons (Fsp3) is 1.00. The Balaban J connectivity index is 0. The fourth-order valence-corrected chi connectivity index (χ4v) is 1.58. The third kappa shape index (κ3) is 12.5. The Hall–Kier alpha value is 0.227. The summed E-state index contributed by atoms with van der Waals surface area (Å²) >= 11 is 0. The molecule has 0 N–H and O–H groups in total. The first-order valence-corrected chi connectivity index (χ1v) is 6.25. The minimum absolute atomic E-state index is 0. The first-order chi connectivity index (χ1) is 7.13. The van der Waals surface area contributed by atoms with Gasteiger partial charge in [0, 0.05) is 6.42 Å². The minimum atomic E-state index is -4.92. The summed E-state index contributed by atoms with van der Waals surface area (Å²) in [4.78, 5) is 0. The van der Waals surface area contributed by atoms with E-state index >= 15 is 0 Å². The van der Waals surface area contributed by atoms with E-state index in [2.05, 4.69) is 0 Å². The molecule has 0 aliphatic carbocycles. The van der Waals surface area contributed by atoms with Gasteiger partial charge in [0.1, 0.15) is 10.1 Å². The third-order valence-corrected chi connectivity index (χ3v) is 2.82. The van der Waals surface area contributed by atoms with Gasteiger partial charge >= 0.3 is 25.0 Å². The van der Waals surface area contributed by atoms with E-state index in [1.807, 2.05) is 0 Å². The smallest absolute Gasteiger partial charge is 0.746 e. The zero-order valence-electron chi connectivity index (χ0n) is 9.46. The maximum absolute atomic E-state index is 12.5. The van der Waals surface area contributed by atoms with Gasteiger partial charge in [-0.3, -0.25) is 0 Å². The molecule has 0 rings (SSSR count). The van der Waals surface area contributed by atoms with Gasteiger partial charge in [0.05, 0.1) is 0 Å². The molecule has 98 valence electrons. The Labute approximate surface area is 110 Å². The quantitative estimate of drug-likeness (QED) is 0.277. The summed E-state index contributed by atoms with van der Waals surface area (Å²) in [5.74, 6) is 0. The number of rotatable bonds is 7. The van der Waals surface area contributed by atoms with Crippen LogP contribution in [0.5, 0.6) is 0 Å². The van der Waals surface area contributed by atoms with Crippen molar-refractivity contribution in [3.8, 4) is 0 Å². The second kappa shape index (κ2) is 8.35. The van der Waals surface area contributed by atoms with Crippen LogP contribution < -0.4 is 18.9 Å². The second-order valence-corrected chi connectivity index (χ2v) is 4.97. The summed E-state index contributed by atoms with van der Waals surface area (Å²) in [6.07, 6.45) is -4.98. The van der Waals surface area contributed by atoms with Crippen molar-refractivity contribution >= 4 is 10.1 Å². The molecular weight excluding hydrogens is 259 g/mol. The number of hydrogen-bond donors (Lipinski definition) is 0. The van der Waals surface area contributed by atoms with Gasteiger partial charge in [0.25, 0.3) is 0 Å². The van der Waals surface area contributed by atoms with Crippen molar-refractivity contribution in [2.24, 2.45) is 0 Å². The molecule has 0 amide bonds. The van der Waals surface area contributed by atoms with Crippen LogP contribution in [-0.4, -0.2) is 24.7 Å². The van der Waals surface area contributed by atoms with Crippen LogP contribution >= 0.6 is 0 Å². The van der Waals surface area contributed by atoms with E-state index in [1.54, 1.807) is 0 Å². The topological polar surface area (TPSA) is 57.2 Å². The Kier molecular flexibility index (Phi) is 9.61. The van der Waals surface area contributed by atoms with Crippen LogP contribution in [0.2, 0.25) is 0 Å². The zero-order valence-corrected chi connectivity index (χ0v) is 10.3. The first-order valence-electron chi connectivity index (χ1n) is 4.78. The first kappa shape index (κ1) is 19.6. The summed E-state index contributed by atoms with van der Waals surface area (Å²) in [6.45, 7) is 0. The van der Waals surface area contributed by atoms with Crippen molar-refractivity contribution in [2.45, 2.75) is 50.2 Å². The van der Waals surface area contributed by atoms with Crippen LogP contribution in [0.4, 0.5) is 17.6 Å². The maximum atomic E-state index is 12.5. The average molecular weight is 272 g/mol. The molecule has 0 radical (unpaired) electrons. The predicted molar refractivity (Wildman–Crippen MR) is 48.4 cm³/mol. The molecule has 1 atom stereocenters. The van der Waals surface area contributed by atoms with E-state index in [0.29, 0.717) is 0 Å². The second-order valence-electron chi connectivity index (χ2n) is 3.47. The van der Waals surface area contributed by atoms with Gasteiger partial charge < -0.3 is 4.55 Å². The van der Waals surface area contributed by atoms with E-state index in [0.717, 1.165) is 0 Å². The minimum Gasteiger partial charge on any atom is -0.746 e. The molecule has 9 heteroatoms. The zero-order chi connectivity index (χ0) is 12.8. The molecule has 0 heterocycles. The Morgan fingerprint density at radius 3 is 1.94 bits per heavy atom. The summed E-state index contributed by atoms with van der Waals surface area (Å²) in [5.41, 5.74) is -2.45. The molecule has 0 spiro atoms. The van der Waals surface area contributed by atoms with Crippen molar-refractivity contribution in [3.05, 3.63) is 0 Å². The fourth-order valence-electron chi connectivity index (χ4n) is 1.13. The normalized spacial score (nSPS) is 14.2. The number of unbranched alkanes of at least 4 members (excludes halogenated alkanes) is 3. The van der Waals surface area contributed by atoms with Crippen molar-refractivity contribution in [1.29, 1.82) is 0 Å². The molecule has 3 nitrogen and oxygen atoms in total. The van der Waals surface area contributed by atoms with E-state index in [-0.39, 0.29) is 44.5 Å². The third-order valence-electron chi connectivity index (χ3n) is 1.95.